The number of rotatable bonds is 4. The Bertz CT molecular complexity index is 63.5. The highest BCUT2D eigenvalue weighted by molar-refractivity contribution is 6.29. The lowest BCUT2D eigenvalue weighted by molar-refractivity contribution is 0.899. The van der Waals surface area contributed by atoms with Crippen LogP contribution in [0.5, 0.6) is 0 Å². The summed E-state index contributed by atoms with van der Waals surface area (Å²) in [6.07, 6.45) is 2.09. The smallest absolute Gasteiger partial charge is 0.0468 e. The molecule has 4 heteroatoms. The van der Waals surface area contributed by atoms with Crippen LogP contribution in [0.1, 0.15) is 26.7 Å². The van der Waals surface area contributed by atoms with E-state index in [0.717, 1.165) is 24.6 Å². The van der Waals surface area contributed by atoms with Crippen LogP contribution in [-0.4, -0.2) is 22.5 Å². The summed E-state index contributed by atoms with van der Waals surface area (Å²) < 4.78 is 0. The van der Waals surface area contributed by atoms with E-state index in [1.807, 2.05) is 13.8 Å². The summed E-state index contributed by atoms with van der Waals surface area (Å²) in [6, 6.07) is 0. The van der Waals surface area contributed by atoms with Crippen molar-refractivity contribution in [2.24, 2.45) is 0 Å². The quantitative estimate of drug-likeness (QED) is 0.512. The fourth-order valence-electron chi connectivity index (χ4n) is 0.189. The maximum atomic E-state index is 5.48. The maximum Gasteiger partial charge on any atom is 0.0468 e. The van der Waals surface area contributed by atoms with Gasteiger partial charge in [0.05, 0.1) is 0 Å². The van der Waals surface area contributed by atoms with Crippen LogP contribution in [0.3, 0.4) is 0 Å². The van der Waals surface area contributed by atoms with Crippen molar-refractivity contribution in [3.63, 3.8) is 0 Å². The van der Waals surface area contributed by atoms with Crippen LogP contribution >= 0.6 is 46.4 Å². The first-order valence-electron chi connectivity index (χ1n) is 3.96. The van der Waals surface area contributed by atoms with Gasteiger partial charge in [0.15, 0.2) is 0 Å². The van der Waals surface area contributed by atoms with E-state index >= 15 is 0 Å². The molecule has 0 bridgehead atoms. The average Bonchev–Trinajstić information content (AvgIpc) is 2.02. The van der Waals surface area contributed by atoms with E-state index in [-0.39, 0.29) is 10.8 Å². The van der Waals surface area contributed by atoms with Crippen molar-refractivity contribution in [1.29, 1.82) is 0 Å². The predicted octanol–water partition coefficient (Wildman–Crippen LogP) is 4.49. The minimum atomic E-state index is 0.0895. The second kappa shape index (κ2) is 12.2. The van der Waals surface area contributed by atoms with Gasteiger partial charge in [-0.2, -0.15) is 0 Å². The molecule has 0 radical (unpaired) electrons. The van der Waals surface area contributed by atoms with E-state index in [2.05, 4.69) is 0 Å². The van der Waals surface area contributed by atoms with Crippen molar-refractivity contribution in [3.8, 4) is 0 Å². The average molecular weight is 254 g/mol. The Balaban J connectivity index is 0. The van der Waals surface area contributed by atoms with Gasteiger partial charge in [0.25, 0.3) is 0 Å². The molecule has 0 aliphatic heterocycles. The first kappa shape index (κ1) is 15.6. The van der Waals surface area contributed by atoms with Crippen molar-refractivity contribution in [3.05, 3.63) is 0 Å². The Kier molecular flexibility index (Phi) is 15.8. The number of alkyl halides is 4. The molecule has 76 valence electrons. The van der Waals surface area contributed by atoms with Crippen LogP contribution < -0.4 is 0 Å². The lowest BCUT2D eigenvalue weighted by atomic mass is 10.4. The molecular formula is C8H16Cl4. The highest BCUT2D eigenvalue weighted by atomic mass is 35.5. The Morgan fingerprint density at radius 2 is 1.08 bits per heavy atom. The largest absolute Gasteiger partial charge is 0.127 e. The molecule has 0 aromatic rings. The van der Waals surface area contributed by atoms with E-state index in [1.165, 1.54) is 0 Å². The van der Waals surface area contributed by atoms with Crippen LogP contribution in [-0.2, 0) is 0 Å². The first-order chi connectivity index (χ1) is 5.56. The van der Waals surface area contributed by atoms with Crippen LogP contribution in [0.2, 0.25) is 0 Å². The van der Waals surface area contributed by atoms with Crippen LogP contribution in [0.4, 0.5) is 0 Å². The maximum absolute atomic E-state index is 5.48. The van der Waals surface area contributed by atoms with Gasteiger partial charge in [-0.15, -0.1) is 46.4 Å². The predicted molar refractivity (Wildman–Crippen MR) is 61.3 cm³/mol. The minimum absolute atomic E-state index is 0.0895. The van der Waals surface area contributed by atoms with Crippen LogP contribution in [0.25, 0.3) is 0 Å². The molecule has 0 spiro atoms. The van der Waals surface area contributed by atoms with Crippen molar-refractivity contribution < 1.29 is 0 Å². The van der Waals surface area contributed by atoms with Crippen molar-refractivity contribution in [2.75, 3.05) is 11.8 Å². The molecule has 12 heavy (non-hydrogen) atoms. The van der Waals surface area contributed by atoms with Crippen molar-refractivity contribution in [2.45, 2.75) is 37.4 Å². The molecule has 0 aromatic heterocycles. The minimum Gasteiger partial charge on any atom is -0.127 e. The van der Waals surface area contributed by atoms with E-state index in [0.29, 0.717) is 0 Å². The van der Waals surface area contributed by atoms with Gasteiger partial charge in [-0.05, 0) is 26.7 Å². The Labute approximate surface area is 95.5 Å². The number of hydrogen-bond donors (Lipinski definition) is 0. The number of hydrogen-bond acceptors (Lipinski definition) is 0. The SMILES string of the molecule is CC(Cl)C(C)Cl.ClCCCCCl. The van der Waals surface area contributed by atoms with Gasteiger partial charge < -0.3 is 0 Å². The monoisotopic (exact) mass is 252 g/mol. The van der Waals surface area contributed by atoms with E-state index in [4.69, 9.17) is 46.4 Å². The molecule has 2 unspecified atom stereocenters. The zero-order chi connectivity index (χ0) is 9.98. The summed E-state index contributed by atoms with van der Waals surface area (Å²) in [6.45, 7) is 3.75. The molecular weight excluding hydrogens is 238 g/mol. The molecule has 0 N–H and O–H groups in total. The molecule has 0 rings (SSSR count). The fraction of sp³-hybridized carbons (Fsp3) is 1.00. The fourth-order valence-corrected chi connectivity index (χ4v) is 0.567. The molecule has 0 aliphatic carbocycles. The summed E-state index contributed by atoms with van der Waals surface area (Å²) in [5.41, 5.74) is 0. The molecule has 0 nitrogen and oxygen atoms in total. The zero-order valence-corrected chi connectivity index (χ0v) is 10.5. The summed E-state index contributed by atoms with van der Waals surface area (Å²) in [5, 5.41) is 0.179. The lowest BCUT2D eigenvalue weighted by Crippen LogP contribution is -2.03. The molecule has 0 aromatic carbocycles. The van der Waals surface area contributed by atoms with E-state index in [1.54, 1.807) is 0 Å². The number of halogens is 4. The van der Waals surface area contributed by atoms with Gasteiger partial charge in [-0.1, -0.05) is 0 Å². The third-order valence-corrected chi connectivity index (χ3v) is 2.57. The van der Waals surface area contributed by atoms with Crippen LogP contribution in [0, 0.1) is 0 Å². The molecule has 2 atom stereocenters. The Hall–Kier alpha value is 1.16. The molecule has 0 saturated carbocycles. The lowest BCUT2D eigenvalue weighted by Gasteiger charge is -2.00. The third-order valence-electron chi connectivity index (χ3n) is 1.15. The molecule has 0 saturated heterocycles. The van der Waals surface area contributed by atoms with Crippen molar-refractivity contribution in [1.82, 2.24) is 0 Å². The van der Waals surface area contributed by atoms with Gasteiger partial charge in [0.1, 0.15) is 0 Å². The topological polar surface area (TPSA) is 0 Å². The Morgan fingerprint density at radius 3 is 1.17 bits per heavy atom. The van der Waals surface area contributed by atoms with Gasteiger partial charge in [0.2, 0.25) is 0 Å². The molecule has 0 fully saturated rings. The highest BCUT2D eigenvalue weighted by Crippen LogP contribution is 2.06. The van der Waals surface area contributed by atoms with Crippen LogP contribution in [0.15, 0.2) is 0 Å². The van der Waals surface area contributed by atoms with Gasteiger partial charge >= 0.3 is 0 Å². The third kappa shape index (κ3) is 17.3. The van der Waals surface area contributed by atoms with E-state index in [9.17, 15) is 0 Å². The molecule has 0 amide bonds. The van der Waals surface area contributed by atoms with Crippen molar-refractivity contribution >= 4 is 46.4 Å². The molecule has 0 heterocycles. The standard InChI is InChI=1S/2C4H8Cl2/c1-3(5)4(2)6;5-3-1-2-4-6/h3-4H,1-2H3;1-4H2. The summed E-state index contributed by atoms with van der Waals surface area (Å²) in [5.74, 6) is 1.49. The highest BCUT2D eigenvalue weighted by Gasteiger charge is 2.01. The first-order valence-corrected chi connectivity index (χ1v) is 5.90. The van der Waals surface area contributed by atoms with Gasteiger partial charge in [-0.3, -0.25) is 0 Å². The summed E-state index contributed by atoms with van der Waals surface area (Å²) in [4.78, 5) is 0. The van der Waals surface area contributed by atoms with Gasteiger partial charge in [0, 0.05) is 22.5 Å². The molecule has 0 aliphatic rings. The Morgan fingerprint density at radius 1 is 0.833 bits per heavy atom. The second-order valence-electron chi connectivity index (χ2n) is 2.44. The zero-order valence-electron chi connectivity index (χ0n) is 7.49. The number of unbranched alkanes of at least 4 members (excludes halogenated alkanes) is 1. The normalized spacial score (nSPS) is 14.5. The summed E-state index contributed by atoms with van der Waals surface area (Å²) >= 11 is 21.6. The van der Waals surface area contributed by atoms with E-state index < -0.39 is 0 Å². The second-order valence-corrected chi connectivity index (χ2v) is 4.57. The summed E-state index contributed by atoms with van der Waals surface area (Å²) in [7, 11) is 0. The van der Waals surface area contributed by atoms with Gasteiger partial charge in [-0.25, -0.2) is 0 Å².